The highest BCUT2D eigenvalue weighted by atomic mass is 16.5. The fourth-order valence-corrected chi connectivity index (χ4v) is 2.60. The lowest BCUT2D eigenvalue weighted by atomic mass is 10.0. The number of nitriles is 1. The maximum atomic E-state index is 12.5. The zero-order valence-electron chi connectivity index (χ0n) is 16.2. The van der Waals surface area contributed by atoms with E-state index in [-0.39, 0.29) is 18.1 Å². The highest BCUT2D eigenvalue weighted by molar-refractivity contribution is 6.07. The highest BCUT2D eigenvalue weighted by Gasteiger charge is 2.15. The van der Waals surface area contributed by atoms with Crippen molar-refractivity contribution in [1.29, 1.82) is 5.26 Å². The molecule has 0 radical (unpaired) electrons. The van der Waals surface area contributed by atoms with Gasteiger partial charge in [-0.1, -0.05) is 44.2 Å². The predicted octanol–water partition coefficient (Wildman–Crippen LogP) is 4.44. The van der Waals surface area contributed by atoms with Gasteiger partial charge in [0.1, 0.15) is 11.6 Å². The molecule has 0 saturated heterocycles. The van der Waals surface area contributed by atoms with E-state index >= 15 is 0 Å². The van der Waals surface area contributed by atoms with Crippen molar-refractivity contribution < 1.29 is 14.3 Å². The third kappa shape index (κ3) is 5.21. The van der Waals surface area contributed by atoms with Gasteiger partial charge in [0.2, 0.25) is 0 Å². The summed E-state index contributed by atoms with van der Waals surface area (Å²) in [5, 5.41) is 15.0. The van der Waals surface area contributed by atoms with Crippen molar-refractivity contribution in [3.8, 4) is 6.07 Å². The molecule has 0 bridgehead atoms. The van der Waals surface area contributed by atoms with E-state index in [1.165, 1.54) is 6.20 Å². The molecular weight excluding hydrogens is 354 g/mol. The van der Waals surface area contributed by atoms with E-state index in [1.54, 1.807) is 37.3 Å². The second-order valence-corrected chi connectivity index (χ2v) is 6.28. The molecule has 0 aliphatic carbocycles. The molecule has 0 heterocycles. The summed E-state index contributed by atoms with van der Waals surface area (Å²) in [7, 11) is 0. The van der Waals surface area contributed by atoms with Crippen LogP contribution < -0.4 is 10.6 Å². The highest BCUT2D eigenvalue weighted by Crippen LogP contribution is 2.24. The van der Waals surface area contributed by atoms with Crippen LogP contribution in [0.1, 0.15) is 42.6 Å². The number of ether oxygens (including phenoxy) is 1. The Morgan fingerprint density at radius 3 is 2.39 bits per heavy atom. The Morgan fingerprint density at radius 2 is 1.75 bits per heavy atom. The Hall–Kier alpha value is -3.59. The molecule has 2 aromatic rings. The molecular formula is C22H23N3O3. The van der Waals surface area contributed by atoms with E-state index in [9.17, 15) is 14.9 Å². The van der Waals surface area contributed by atoms with Crippen LogP contribution in [0.4, 0.5) is 11.4 Å². The Morgan fingerprint density at radius 1 is 1.11 bits per heavy atom. The lowest BCUT2D eigenvalue weighted by Gasteiger charge is -2.13. The molecule has 0 aromatic heterocycles. The van der Waals surface area contributed by atoms with Crippen LogP contribution >= 0.6 is 0 Å². The van der Waals surface area contributed by atoms with Crippen molar-refractivity contribution >= 4 is 23.3 Å². The van der Waals surface area contributed by atoms with Crippen LogP contribution in [-0.4, -0.2) is 18.5 Å². The molecule has 2 rings (SSSR count). The first-order valence-electron chi connectivity index (χ1n) is 9.01. The minimum atomic E-state index is -0.531. The number of nitrogens with zero attached hydrogens (tertiary/aromatic N) is 1. The van der Waals surface area contributed by atoms with Gasteiger partial charge < -0.3 is 15.4 Å². The number of hydrogen-bond donors (Lipinski definition) is 2. The van der Waals surface area contributed by atoms with Gasteiger partial charge in [0.15, 0.2) is 0 Å². The van der Waals surface area contributed by atoms with Gasteiger partial charge in [-0.2, -0.15) is 5.26 Å². The van der Waals surface area contributed by atoms with E-state index in [0.717, 1.165) is 5.56 Å². The van der Waals surface area contributed by atoms with Crippen LogP contribution in [0.15, 0.2) is 60.3 Å². The third-order valence-electron chi connectivity index (χ3n) is 3.99. The number of anilines is 2. The van der Waals surface area contributed by atoms with Crippen LogP contribution in [0.3, 0.4) is 0 Å². The van der Waals surface area contributed by atoms with Gasteiger partial charge in [0, 0.05) is 11.9 Å². The average molecular weight is 377 g/mol. The number of carbonyl (C=O) groups is 2. The van der Waals surface area contributed by atoms with E-state index in [1.807, 2.05) is 38.1 Å². The zero-order valence-corrected chi connectivity index (χ0v) is 16.2. The van der Waals surface area contributed by atoms with Crippen LogP contribution in [0.25, 0.3) is 0 Å². The molecule has 1 amide bonds. The monoisotopic (exact) mass is 377 g/mol. The second kappa shape index (κ2) is 9.93. The summed E-state index contributed by atoms with van der Waals surface area (Å²) >= 11 is 0. The number of esters is 1. The lowest BCUT2D eigenvalue weighted by Crippen LogP contribution is -2.16. The van der Waals surface area contributed by atoms with Gasteiger partial charge in [0.05, 0.1) is 17.9 Å². The summed E-state index contributed by atoms with van der Waals surface area (Å²) in [6.45, 7) is 6.03. The number of nitrogens with one attached hydrogen (secondary N) is 2. The molecule has 2 N–H and O–H groups in total. The largest absolute Gasteiger partial charge is 0.462 e. The van der Waals surface area contributed by atoms with Gasteiger partial charge in [-0.25, -0.2) is 4.79 Å². The van der Waals surface area contributed by atoms with Gasteiger partial charge in [-0.15, -0.1) is 0 Å². The smallest absolute Gasteiger partial charge is 0.340 e. The standard InChI is InChI=1S/C22H23N3O3/c1-4-28-22(27)18-10-6-7-11-19(18)24-14-16(13-23)21(26)25-20-12-8-5-9-17(20)15(2)3/h5-12,14-15,24H,4H2,1-3H3,(H,25,26)/b16-14-. The first kappa shape index (κ1) is 20.7. The normalized spacial score (nSPS) is 10.9. The second-order valence-electron chi connectivity index (χ2n) is 6.28. The molecule has 2 aromatic carbocycles. The van der Waals surface area contributed by atoms with Crippen molar-refractivity contribution in [2.24, 2.45) is 0 Å². The third-order valence-corrected chi connectivity index (χ3v) is 3.99. The molecule has 6 heteroatoms. The number of para-hydroxylation sites is 2. The average Bonchev–Trinajstić information content (AvgIpc) is 2.69. The minimum Gasteiger partial charge on any atom is -0.462 e. The Balaban J connectivity index is 2.21. The van der Waals surface area contributed by atoms with Gasteiger partial charge in [-0.3, -0.25) is 4.79 Å². The van der Waals surface area contributed by atoms with Crippen molar-refractivity contribution in [2.45, 2.75) is 26.7 Å². The summed E-state index contributed by atoms with van der Waals surface area (Å²) in [6.07, 6.45) is 1.28. The number of benzene rings is 2. The molecule has 0 saturated carbocycles. The van der Waals surface area contributed by atoms with Crippen LogP contribution in [-0.2, 0) is 9.53 Å². The van der Waals surface area contributed by atoms with E-state index in [4.69, 9.17) is 4.74 Å². The number of hydrogen-bond acceptors (Lipinski definition) is 5. The summed E-state index contributed by atoms with van der Waals surface area (Å²) < 4.78 is 5.02. The van der Waals surface area contributed by atoms with Crippen molar-refractivity contribution in [2.75, 3.05) is 17.2 Å². The first-order chi connectivity index (χ1) is 13.5. The maximum Gasteiger partial charge on any atom is 0.340 e. The van der Waals surface area contributed by atoms with Gasteiger partial charge >= 0.3 is 5.97 Å². The fraction of sp³-hybridized carbons (Fsp3) is 0.227. The van der Waals surface area contributed by atoms with E-state index in [0.29, 0.717) is 16.9 Å². The molecule has 0 fully saturated rings. The summed E-state index contributed by atoms with van der Waals surface area (Å²) in [6, 6.07) is 16.1. The topological polar surface area (TPSA) is 91.2 Å². The summed E-state index contributed by atoms with van der Waals surface area (Å²) in [5.41, 5.74) is 2.30. The van der Waals surface area contributed by atoms with Crippen LogP contribution in [0.2, 0.25) is 0 Å². The number of amides is 1. The minimum absolute atomic E-state index is 0.114. The lowest BCUT2D eigenvalue weighted by molar-refractivity contribution is -0.112. The first-order valence-corrected chi connectivity index (χ1v) is 9.01. The molecule has 144 valence electrons. The Kier molecular flexibility index (Phi) is 7.35. The molecule has 0 atom stereocenters. The fourth-order valence-electron chi connectivity index (χ4n) is 2.60. The molecule has 28 heavy (non-hydrogen) atoms. The van der Waals surface area contributed by atoms with E-state index in [2.05, 4.69) is 10.6 Å². The molecule has 0 aliphatic heterocycles. The van der Waals surface area contributed by atoms with Gasteiger partial charge in [-0.05, 0) is 36.6 Å². The number of carbonyl (C=O) groups excluding carboxylic acids is 2. The summed E-state index contributed by atoms with van der Waals surface area (Å²) in [5.74, 6) is -0.787. The maximum absolute atomic E-state index is 12.5. The van der Waals surface area contributed by atoms with Crippen molar-refractivity contribution in [3.63, 3.8) is 0 Å². The quantitative estimate of drug-likeness (QED) is 0.423. The zero-order chi connectivity index (χ0) is 20.5. The number of rotatable bonds is 7. The molecule has 6 nitrogen and oxygen atoms in total. The van der Waals surface area contributed by atoms with Gasteiger partial charge in [0.25, 0.3) is 5.91 Å². The predicted molar refractivity (Wildman–Crippen MR) is 109 cm³/mol. The molecule has 0 aliphatic rings. The molecule has 0 spiro atoms. The SMILES string of the molecule is CCOC(=O)c1ccccc1N/C=C(/C#N)C(=O)Nc1ccccc1C(C)C. The Bertz CT molecular complexity index is 927. The molecule has 0 unspecified atom stereocenters. The van der Waals surface area contributed by atoms with Crippen LogP contribution in [0, 0.1) is 11.3 Å². The summed E-state index contributed by atoms with van der Waals surface area (Å²) in [4.78, 5) is 24.6. The Labute approximate surface area is 164 Å². The van der Waals surface area contributed by atoms with E-state index < -0.39 is 11.9 Å². The van der Waals surface area contributed by atoms with Crippen molar-refractivity contribution in [3.05, 3.63) is 71.4 Å². The van der Waals surface area contributed by atoms with Crippen molar-refractivity contribution in [1.82, 2.24) is 0 Å². The van der Waals surface area contributed by atoms with Crippen LogP contribution in [0.5, 0.6) is 0 Å².